The van der Waals surface area contributed by atoms with Crippen LogP contribution in [0.2, 0.25) is 0 Å². The average molecular weight is 306 g/mol. The summed E-state index contributed by atoms with van der Waals surface area (Å²) in [4.78, 5) is 24.9. The van der Waals surface area contributed by atoms with E-state index in [1.807, 2.05) is 0 Å². The zero-order chi connectivity index (χ0) is 15.5. The molecule has 1 aromatic heterocycles. The van der Waals surface area contributed by atoms with Gasteiger partial charge in [-0.1, -0.05) is 0 Å². The van der Waals surface area contributed by atoms with E-state index < -0.39 is 23.4 Å². The molecular formula is C12H13F3N2O4. The van der Waals surface area contributed by atoms with E-state index in [-0.39, 0.29) is 12.5 Å². The standard InChI is InChI=1S/C12H13F3N2O4/c13-12(14,15)10-8(1-4-21-10)11(19)16-7-9(18)17-2-5-20-6-3-17/h1,4H,2-3,5-7H2,(H,16,19). The summed E-state index contributed by atoms with van der Waals surface area (Å²) in [6.45, 7) is 1.23. The molecule has 1 aromatic rings. The Morgan fingerprint density at radius 2 is 1.95 bits per heavy atom. The molecule has 0 spiro atoms. The molecule has 116 valence electrons. The van der Waals surface area contributed by atoms with Gasteiger partial charge < -0.3 is 19.4 Å². The van der Waals surface area contributed by atoms with Gasteiger partial charge in [-0.3, -0.25) is 9.59 Å². The Kier molecular flexibility index (Phi) is 4.51. The Balaban J connectivity index is 1.93. The van der Waals surface area contributed by atoms with Gasteiger partial charge in [0.15, 0.2) is 0 Å². The van der Waals surface area contributed by atoms with Gasteiger partial charge in [-0.05, 0) is 6.07 Å². The first-order chi connectivity index (χ1) is 9.89. The molecule has 0 atom stereocenters. The van der Waals surface area contributed by atoms with Crippen molar-refractivity contribution in [3.63, 3.8) is 0 Å². The van der Waals surface area contributed by atoms with Crippen molar-refractivity contribution < 1.29 is 31.9 Å². The smallest absolute Gasteiger partial charge is 0.450 e. The Morgan fingerprint density at radius 1 is 1.29 bits per heavy atom. The molecule has 1 N–H and O–H groups in total. The second-order valence-electron chi connectivity index (χ2n) is 4.34. The van der Waals surface area contributed by atoms with Gasteiger partial charge in [0, 0.05) is 13.1 Å². The minimum absolute atomic E-state index is 0.372. The summed E-state index contributed by atoms with van der Waals surface area (Å²) in [6, 6.07) is 0.914. The van der Waals surface area contributed by atoms with E-state index in [0.29, 0.717) is 26.3 Å². The summed E-state index contributed by atoms with van der Waals surface area (Å²) in [5, 5.41) is 2.16. The van der Waals surface area contributed by atoms with Crippen molar-refractivity contribution >= 4 is 11.8 Å². The molecule has 1 saturated heterocycles. The summed E-state index contributed by atoms with van der Waals surface area (Å²) < 4.78 is 47.1. The van der Waals surface area contributed by atoms with Gasteiger partial charge >= 0.3 is 6.18 Å². The van der Waals surface area contributed by atoms with Gasteiger partial charge in [0.1, 0.15) is 0 Å². The fourth-order valence-electron chi connectivity index (χ4n) is 1.88. The van der Waals surface area contributed by atoms with E-state index >= 15 is 0 Å². The molecule has 21 heavy (non-hydrogen) atoms. The van der Waals surface area contributed by atoms with E-state index in [0.717, 1.165) is 12.3 Å². The summed E-state index contributed by atoms with van der Waals surface area (Å²) in [5.41, 5.74) is -0.641. The molecule has 2 heterocycles. The van der Waals surface area contributed by atoms with Crippen molar-refractivity contribution in [2.45, 2.75) is 6.18 Å². The van der Waals surface area contributed by atoms with Crippen LogP contribution in [0.25, 0.3) is 0 Å². The van der Waals surface area contributed by atoms with E-state index in [1.165, 1.54) is 4.90 Å². The lowest BCUT2D eigenvalue weighted by atomic mass is 10.2. The molecule has 0 aliphatic carbocycles. The molecule has 0 aromatic carbocycles. The molecular weight excluding hydrogens is 293 g/mol. The fourth-order valence-corrected chi connectivity index (χ4v) is 1.88. The number of carbonyl (C=O) groups excluding carboxylic acids is 2. The molecule has 1 aliphatic rings. The highest BCUT2D eigenvalue weighted by Crippen LogP contribution is 2.32. The van der Waals surface area contributed by atoms with E-state index in [4.69, 9.17) is 4.74 Å². The van der Waals surface area contributed by atoms with Crippen LogP contribution in [0.3, 0.4) is 0 Å². The van der Waals surface area contributed by atoms with Crippen LogP contribution < -0.4 is 5.32 Å². The number of nitrogens with zero attached hydrogens (tertiary/aromatic N) is 1. The van der Waals surface area contributed by atoms with Crippen LogP contribution in [0.4, 0.5) is 13.2 Å². The van der Waals surface area contributed by atoms with Crippen molar-refractivity contribution in [2.75, 3.05) is 32.8 Å². The number of hydrogen-bond acceptors (Lipinski definition) is 4. The van der Waals surface area contributed by atoms with Crippen LogP contribution in [0.1, 0.15) is 16.1 Å². The Morgan fingerprint density at radius 3 is 2.57 bits per heavy atom. The fraction of sp³-hybridized carbons (Fsp3) is 0.500. The topological polar surface area (TPSA) is 71.8 Å². The minimum atomic E-state index is -4.76. The van der Waals surface area contributed by atoms with Crippen molar-refractivity contribution in [1.29, 1.82) is 0 Å². The maximum atomic E-state index is 12.6. The zero-order valence-electron chi connectivity index (χ0n) is 10.9. The van der Waals surface area contributed by atoms with Gasteiger partial charge in [-0.2, -0.15) is 13.2 Å². The molecule has 2 amide bonds. The molecule has 2 rings (SSSR count). The van der Waals surface area contributed by atoms with E-state index in [9.17, 15) is 22.8 Å². The highest BCUT2D eigenvalue weighted by molar-refractivity contribution is 5.97. The average Bonchev–Trinajstić information content (AvgIpc) is 2.95. The maximum absolute atomic E-state index is 12.6. The predicted molar refractivity (Wildman–Crippen MR) is 63.4 cm³/mol. The summed E-state index contributed by atoms with van der Waals surface area (Å²) in [5.74, 6) is -2.75. The van der Waals surface area contributed by atoms with Crippen molar-refractivity contribution in [3.8, 4) is 0 Å². The summed E-state index contributed by atoms with van der Waals surface area (Å²) in [7, 11) is 0. The van der Waals surface area contributed by atoms with Gasteiger partial charge in [0.2, 0.25) is 11.7 Å². The number of ether oxygens (including phenoxy) is 1. The second-order valence-corrected chi connectivity index (χ2v) is 4.34. The largest absolute Gasteiger partial charge is 0.459 e. The number of furan rings is 1. The van der Waals surface area contributed by atoms with Crippen LogP contribution in [-0.4, -0.2) is 49.6 Å². The molecule has 6 nitrogen and oxygen atoms in total. The summed E-state index contributed by atoms with van der Waals surface area (Å²) in [6.07, 6.45) is -3.98. The number of hydrogen-bond donors (Lipinski definition) is 1. The van der Waals surface area contributed by atoms with Crippen LogP contribution in [0.5, 0.6) is 0 Å². The number of halogens is 3. The lowest BCUT2D eigenvalue weighted by molar-refractivity contribution is -0.153. The van der Waals surface area contributed by atoms with Crippen LogP contribution in [-0.2, 0) is 15.7 Å². The highest BCUT2D eigenvalue weighted by Gasteiger charge is 2.39. The molecule has 0 bridgehead atoms. The molecule has 1 fully saturated rings. The van der Waals surface area contributed by atoms with Crippen molar-refractivity contribution in [1.82, 2.24) is 10.2 Å². The second kappa shape index (κ2) is 6.17. The number of morpholine rings is 1. The normalized spacial score (nSPS) is 15.9. The Hall–Kier alpha value is -2.03. The quantitative estimate of drug-likeness (QED) is 0.900. The molecule has 1 aliphatic heterocycles. The summed E-state index contributed by atoms with van der Waals surface area (Å²) >= 11 is 0. The molecule has 0 radical (unpaired) electrons. The first-order valence-corrected chi connectivity index (χ1v) is 6.18. The van der Waals surface area contributed by atoms with Crippen molar-refractivity contribution in [3.05, 3.63) is 23.7 Å². The third-order valence-corrected chi connectivity index (χ3v) is 2.93. The zero-order valence-corrected chi connectivity index (χ0v) is 10.9. The molecule has 9 heteroatoms. The number of carbonyl (C=O) groups is 2. The van der Waals surface area contributed by atoms with Crippen LogP contribution in [0, 0.1) is 0 Å². The van der Waals surface area contributed by atoms with Gasteiger partial charge in [0.25, 0.3) is 5.91 Å². The lowest BCUT2D eigenvalue weighted by Crippen LogP contribution is -2.45. The Labute approximate surface area is 117 Å². The first kappa shape index (κ1) is 15.4. The maximum Gasteiger partial charge on any atom is 0.450 e. The monoisotopic (exact) mass is 306 g/mol. The number of amides is 2. The van der Waals surface area contributed by atoms with Crippen molar-refractivity contribution in [2.24, 2.45) is 0 Å². The van der Waals surface area contributed by atoms with Gasteiger partial charge in [-0.15, -0.1) is 0 Å². The number of alkyl halides is 3. The van der Waals surface area contributed by atoms with Crippen LogP contribution >= 0.6 is 0 Å². The van der Waals surface area contributed by atoms with Gasteiger partial charge in [-0.25, -0.2) is 0 Å². The Bertz CT molecular complexity index is 521. The van der Waals surface area contributed by atoms with Gasteiger partial charge in [0.05, 0.1) is 31.6 Å². The van der Waals surface area contributed by atoms with Crippen LogP contribution in [0.15, 0.2) is 16.7 Å². The number of nitrogens with one attached hydrogen (secondary N) is 1. The third-order valence-electron chi connectivity index (χ3n) is 2.93. The SMILES string of the molecule is O=C(NCC(=O)N1CCOCC1)c1ccoc1C(F)(F)F. The highest BCUT2D eigenvalue weighted by atomic mass is 19.4. The third kappa shape index (κ3) is 3.75. The van der Waals surface area contributed by atoms with E-state index in [2.05, 4.69) is 9.73 Å². The first-order valence-electron chi connectivity index (χ1n) is 6.18. The minimum Gasteiger partial charge on any atom is -0.459 e. The molecule has 0 unspecified atom stereocenters. The molecule has 0 saturated carbocycles. The van der Waals surface area contributed by atoms with E-state index in [1.54, 1.807) is 0 Å². The lowest BCUT2D eigenvalue weighted by Gasteiger charge is -2.26. The number of rotatable bonds is 3. The predicted octanol–water partition coefficient (Wildman–Crippen LogP) is 0.887.